The van der Waals surface area contributed by atoms with Crippen LogP contribution in [0.15, 0.2) is 35.0 Å². The normalized spacial score (nSPS) is 16.2. The van der Waals surface area contributed by atoms with Crippen molar-refractivity contribution in [1.82, 2.24) is 0 Å². The Bertz CT molecular complexity index is 688. The van der Waals surface area contributed by atoms with Crippen LogP contribution in [0.4, 0.5) is 26.3 Å². The highest BCUT2D eigenvalue weighted by Crippen LogP contribution is 2.43. The minimum atomic E-state index is -4.82. The molecule has 1 aliphatic rings. The molecule has 1 aromatic rings. The van der Waals surface area contributed by atoms with Gasteiger partial charge in [-0.1, -0.05) is 38.2 Å². The molecule has 0 nitrogen and oxygen atoms in total. The Morgan fingerprint density at radius 1 is 0.880 bits per heavy atom. The van der Waals surface area contributed by atoms with Gasteiger partial charge in [-0.05, 0) is 47.2 Å². The molecule has 0 saturated carbocycles. The lowest BCUT2D eigenvalue weighted by Crippen LogP contribution is -2.13. The van der Waals surface area contributed by atoms with Gasteiger partial charge in [0, 0.05) is 0 Å². The van der Waals surface area contributed by atoms with E-state index < -0.39 is 32.3 Å². The van der Waals surface area contributed by atoms with Gasteiger partial charge in [-0.3, -0.25) is 0 Å². The molecule has 0 saturated heterocycles. The van der Waals surface area contributed by atoms with Crippen LogP contribution in [0.5, 0.6) is 0 Å². The van der Waals surface area contributed by atoms with Gasteiger partial charge in [0.2, 0.25) is 0 Å². The fourth-order valence-electron chi connectivity index (χ4n) is 3.24. The van der Waals surface area contributed by atoms with E-state index in [1.54, 1.807) is 0 Å². The van der Waals surface area contributed by atoms with E-state index in [1.165, 1.54) is 0 Å². The van der Waals surface area contributed by atoms with Gasteiger partial charge in [0.15, 0.2) is 0 Å². The quantitative estimate of drug-likeness (QED) is 0.417. The van der Waals surface area contributed by atoms with Crippen LogP contribution in [0.2, 0.25) is 13.1 Å². The summed E-state index contributed by atoms with van der Waals surface area (Å²) in [7, 11) is -1.23. The molecular weight excluding hydrogens is 358 g/mol. The van der Waals surface area contributed by atoms with Gasteiger partial charge < -0.3 is 0 Å². The summed E-state index contributed by atoms with van der Waals surface area (Å²) < 4.78 is 78.6. The van der Waals surface area contributed by atoms with Crippen molar-refractivity contribution < 1.29 is 26.3 Å². The molecular formula is C18H20F6Si. The Hall–Kier alpha value is -1.50. The highest BCUT2D eigenvalue weighted by atomic mass is 28.3. The highest BCUT2D eigenvalue weighted by Gasteiger charge is 2.37. The molecule has 1 aliphatic carbocycles. The maximum Gasteiger partial charge on any atom is 0.416 e. The smallest absolute Gasteiger partial charge is 0.166 e. The van der Waals surface area contributed by atoms with Gasteiger partial charge in [0.25, 0.3) is 0 Å². The Morgan fingerprint density at radius 3 is 1.72 bits per heavy atom. The molecule has 138 valence electrons. The number of alkyl halides is 6. The second-order valence-corrected chi connectivity index (χ2v) is 9.79. The molecule has 0 fully saturated rings. The van der Waals surface area contributed by atoms with E-state index in [0.717, 1.165) is 22.9 Å². The monoisotopic (exact) mass is 378 g/mol. The predicted octanol–water partition coefficient (Wildman–Crippen LogP) is 6.49. The first kappa shape index (κ1) is 19.8. The highest BCUT2D eigenvalue weighted by molar-refractivity contribution is 6.65. The largest absolute Gasteiger partial charge is 0.416 e. The third-order valence-corrected chi connectivity index (χ3v) is 6.09. The number of hydrogen-bond donors (Lipinski definition) is 0. The molecule has 7 heteroatoms. The van der Waals surface area contributed by atoms with Gasteiger partial charge in [0.05, 0.1) is 19.9 Å². The summed E-state index contributed by atoms with van der Waals surface area (Å²) in [5.74, 6) is 0.0440. The fraction of sp³-hybridized carbons (Fsp3) is 0.444. The lowest BCUT2D eigenvalue weighted by atomic mass is 9.92. The molecule has 0 N–H and O–H groups in total. The van der Waals surface area contributed by atoms with Crippen LogP contribution in [-0.4, -0.2) is 8.80 Å². The van der Waals surface area contributed by atoms with Crippen LogP contribution in [-0.2, 0) is 12.4 Å². The topological polar surface area (TPSA) is 0 Å². The standard InChI is InChI=1S/C18H20F6Si/c1-10(2)16-14(5-6-15(16)25(3)4)11-7-12(17(19,20)21)9-13(8-11)18(22,23)24/h6-10,25H,5H2,1-4H3. The molecule has 0 aromatic heterocycles. The summed E-state index contributed by atoms with van der Waals surface area (Å²) in [6.45, 7) is 8.04. The van der Waals surface area contributed by atoms with Crippen molar-refractivity contribution in [3.05, 3.63) is 51.7 Å². The number of allylic oxidation sites excluding steroid dienone is 4. The SMILES string of the molecule is CC(C)C1=C(c2cc(C(F)(F)F)cc(C(F)(F)F)c2)CC=C1[SiH](C)C. The van der Waals surface area contributed by atoms with Crippen molar-refractivity contribution >= 4 is 14.4 Å². The van der Waals surface area contributed by atoms with Gasteiger partial charge >= 0.3 is 12.4 Å². The van der Waals surface area contributed by atoms with Crippen LogP contribution in [0.25, 0.3) is 5.57 Å². The van der Waals surface area contributed by atoms with Crippen molar-refractivity contribution in [2.24, 2.45) is 5.92 Å². The molecule has 0 radical (unpaired) electrons. The second kappa shape index (κ2) is 6.66. The van der Waals surface area contributed by atoms with Crippen LogP contribution in [0.1, 0.15) is 37.0 Å². The first-order chi connectivity index (χ1) is 11.3. The molecule has 0 heterocycles. The first-order valence-corrected chi connectivity index (χ1v) is 10.9. The zero-order valence-corrected chi connectivity index (χ0v) is 15.6. The summed E-state index contributed by atoms with van der Waals surface area (Å²) in [4.78, 5) is 0. The molecule has 25 heavy (non-hydrogen) atoms. The second-order valence-electron chi connectivity index (χ2n) is 6.86. The zero-order chi connectivity index (χ0) is 19.2. The van der Waals surface area contributed by atoms with Crippen LogP contribution in [0, 0.1) is 5.92 Å². The van der Waals surface area contributed by atoms with E-state index in [2.05, 4.69) is 13.1 Å². The molecule has 0 atom stereocenters. The Labute approximate surface area is 144 Å². The van der Waals surface area contributed by atoms with E-state index in [9.17, 15) is 26.3 Å². The molecule has 0 unspecified atom stereocenters. The van der Waals surface area contributed by atoms with E-state index in [-0.39, 0.29) is 17.5 Å². The number of halogens is 6. The van der Waals surface area contributed by atoms with Crippen molar-refractivity contribution in [3.8, 4) is 0 Å². The number of benzene rings is 1. The molecule has 2 rings (SSSR count). The van der Waals surface area contributed by atoms with Crippen LogP contribution < -0.4 is 0 Å². The van der Waals surface area contributed by atoms with Crippen molar-refractivity contribution in [2.75, 3.05) is 0 Å². The molecule has 0 spiro atoms. The Balaban J connectivity index is 2.70. The third kappa shape index (κ3) is 4.19. The lowest BCUT2D eigenvalue weighted by molar-refractivity contribution is -0.143. The van der Waals surface area contributed by atoms with Gasteiger partial charge in [-0.25, -0.2) is 0 Å². The van der Waals surface area contributed by atoms with Crippen LogP contribution in [0.3, 0.4) is 0 Å². The number of hydrogen-bond acceptors (Lipinski definition) is 0. The lowest BCUT2D eigenvalue weighted by Gasteiger charge is -2.20. The van der Waals surface area contributed by atoms with Gasteiger partial charge in [-0.15, -0.1) is 0 Å². The maximum atomic E-state index is 13.1. The molecule has 0 aliphatic heterocycles. The summed E-state index contributed by atoms with van der Waals surface area (Å²) in [6, 6.07) is 1.86. The summed E-state index contributed by atoms with van der Waals surface area (Å²) >= 11 is 0. The summed E-state index contributed by atoms with van der Waals surface area (Å²) in [5.41, 5.74) is -1.00. The minimum Gasteiger partial charge on any atom is -0.166 e. The van der Waals surface area contributed by atoms with E-state index in [4.69, 9.17) is 0 Å². The van der Waals surface area contributed by atoms with E-state index in [0.29, 0.717) is 12.0 Å². The summed E-state index contributed by atoms with van der Waals surface area (Å²) in [6.07, 6.45) is -7.30. The molecule has 0 bridgehead atoms. The van der Waals surface area contributed by atoms with Crippen molar-refractivity contribution in [3.63, 3.8) is 0 Å². The van der Waals surface area contributed by atoms with Crippen LogP contribution >= 0.6 is 0 Å². The van der Waals surface area contributed by atoms with Gasteiger partial charge in [0.1, 0.15) is 0 Å². The number of rotatable bonds is 3. The maximum absolute atomic E-state index is 13.1. The predicted molar refractivity (Wildman–Crippen MR) is 89.8 cm³/mol. The molecule has 1 aromatic carbocycles. The van der Waals surface area contributed by atoms with Crippen molar-refractivity contribution in [2.45, 2.75) is 45.7 Å². The first-order valence-electron chi connectivity index (χ1n) is 8.05. The van der Waals surface area contributed by atoms with E-state index in [1.807, 2.05) is 19.9 Å². The Kier molecular flexibility index (Phi) is 5.28. The average Bonchev–Trinajstić information content (AvgIpc) is 2.90. The zero-order valence-electron chi connectivity index (χ0n) is 14.4. The third-order valence-electron chi connectivity index (χ3n) is 4.30. The van der Waals surface area contributed by atoms with Gasteiger partial charge in [-0.2, -0.15) is 26.3 Å². The minimum absolute atomic E-state index is 0.0201. The van der Waals surface area contributed by atoms with Crippen molar-refractivity contribution in [1.29, 1.82) is 0 Å². The van der Waals surface area contributed by atoms with E-state index >= 15 is 0 Å². The average molecular weight is 378 g/mol. The summed E-state index contributed by atoms with van der Waals surface area (Å²) in [5, 5.41) is 1.14. The Morgan fingerprint density at radius 2 is 1.36 bits per heavy atom. The fourth-order valence-corrected chi connectivity index (χ4v) is 4.96. The molecule has 0 amide bonds.